The molecule has 0 aliphatic heterocycles. The summed E-state index contributed by atoms with van der Waals surface area (Å²) in [5, 5.41) is 2.53. The van der Waals surface area contributed by atoms with Crippen molar-refractivity contribution in [2.45, 2.75) is 0 Å². The molecule has 3 heteroatoms. The fraction of sp³-hybridized carbons (Fsp3) is 0. The zero-order valence-corrected chi connectivity index (χ0v) is 24.7. The third-order valence-corrected chi connectivity index (χ3v) is 8.36. The number of fused-ring (bicyclic) bond motifs is 3. The van der Waals surface area contributed by atoms with Crippen LogP contribution in [-0.4, -0.2) is 4.57 Å². The monoisotopic (exact) mass is 577 g/mol. The third kappa shape index (κ3) is 4.91. The molecule has 0 aliphatic rings. The second kappa shape index (κ2) is 11.6. The van der Waals surface area contributed by atoms with E-state index >= 15 is 0 Å². The highest BCUT2D eigenvalue weighted by atomic mass is 15.2. The smallest absolute Gasteiger partial charge is 0.0541 e. The zero-order chi connectivity index (χ0) is 30.0. The van der Waals surface area contributed by atoms with E-state index in [-0.39, 0.29) is 0 Å². The average molecular weight is 578 g/mol. The molecule has 45 heavy (non-hydrogen) atoms. The minimum Gasteiger partial charge on any atom is -0.311 e. The van der Waals surface area contributed by atoms with Gasteiger partial charge in [0.05, 0.1) is 11.0 Å². The fourth-order valence-electron chi connectivity index (χ4n) is 6.33. The summed E-state index contributed by atoms with van der Waals surface area (Å²) in [5.41, 5.74) is 10.2. The van der Waals surface area contributed by atoms with Crippen LogP contribution < -0.4 is 9.80 Å². The topological polar surface area (TPSA) is 11.4 Å². The summed E-state index contributed by atoms with van der Waals surface area (Å²) >= 11 is 0. The SMILES string of the molecule is c1ccc(N(c2ccccc2)c2ccc(N(c3ccccc3)c3ccc(-n4c5ccccc5c5ccccc54)cc3)cc2)cc1. The normalized spacial score (nSPS) is 11.1. The second-order valence-electron chi connectivity index (χ2n) is 11.1. The lowest BCUT2D eigenvalue weighted by molar-refractivity contribution is 1.17. The van der Waals surface area contributed by atoms with Crippen molar-refractivity contribution in [2.75, 3.05) is 9.80 Å². The molecule has 0 fully saturated rings. The van der Waals surface area contributed by atoms with Crippen molar-refractivity contribution in [3.05, 3.63) is 188 Å². The predicted molar refractivity (Wildman–Crippen MR) is 190 cm³/mol. The molecule has 8 rings (SSSR count). The molecule has 0 N–H and O–H groups in total. The number of hydrogen-bond acceptors (Lipinski definition) is 2. The van der Waals surface area contributed by atoms with Crippen LogP contribution in [0.3, 0.4) is 0 Å². The van der Waals surface area contributed by atoms with E-state index in [9.17, 15) is 0 Å². The first-order chi connectivity index (χ1) is 22.3. The van der Waals surface area contributed by atoms with Gasteiger partial charge < -0.3 is 14.4 Å². The van der Waals surface area contributed by atoms with Crippen LogP contribution in [0.2, 0.25) is 0 Å². The highest BCUT2D eigenvalue weighted by Crippen LogP contribution is 2.39. The molecule has 3 nitrogen and oxygen atoms in total. The van der Waals surface area contributed by atoms with E-state index in [0.29, 0.717) is 0 Å². The van der Waals surface area contributed by atoms with Crippen molar-refractivity contribution in [1.29, 1.82) is 0 Å². The van der Waals surface area contributed by atoms with Gasteiger partial charge in [-0.3, -0.25) is 0 Å². The fourth-order valence-corrected chi connectivity index (χ4v) is 6.33. The number of para-hydroxylation sites is 5. The van der Waals surface area contributed by atoms with Gasteiger partial charge in [-0.15, -0.1) is 0 Å². The quantitative estimate of drug-likeness (QED) is 0.187. The summed E-state index contributed by atoms with van der Waals surface area (Å²) in [4.78, 5) is 4.60. The van der Waals surface area contributed by atoms with Crippen LogP contribution in [0, 0.1) is 0 Å². The summed E-state index contributed by atoms with van der Waals surface area (Å²) in [6, 6.07) is 66.6. The van der Waals surface area contributed by atoms with Crippen LogP contribution in [0.4, 0.5) is 34.1 Å². The molecule has 1 heterocycles. The molecule has 0 unspecified atom stereocenters. The maximum Gasteiger partial charge on any atom is 0.0541 e. The van der Waals surface area contributed by atoms with Crippen LogP contribution in [0.5, 0.6) is 0 Å². The van der Waals surface area contributed by atoms with Gasteiger partial charge in [0.2, 0.25) is 0 Å². The van der Waals surface area contributed by atoms with Gasteiger partial charge in [0.1, 0.15) is 0 Å². The Morgan fingerprint density at radius 2 is 0.556 bits per heavy atom. The molecule has 214 valence electrons. The summed E-state index contributed by atoms with van der Waals surface area (Å²) in [7, 11) is 0. The summed E-state index contributed by atoms with van der Waals surface area (Å²) in [6.45, 7) is 0. The molecule has 0 spiro atoms. The van der Waals surface area contributed by atoms with E-state index < -0.39 is 0 Å². The van der Waals surface area contributed by atoms with E-state index in [0.717, 1.165) is 39.8 Å². The Bertz CT molecular complexity index is 2090. The van der Waals surface area contributed by atoms with Crippen molar-refractivity contribution in [3.63, 3.8) is 0 Å². The van der Waals surface area contributed by atoms with Crippen molar-refractivity contribution in [3.8, 4) is 5.69 Å². The number of aromatic nitrogens is 1. The van der Waals surface area contributed by atoms with Gasteiger partial charge in [0, 0.05) is 50.6 Å². The molecule has 0 saturated carbocycles. The first-order valence-corrected chi connectivity index (χ1v) is 15.3. The second-order valence-corrected chi connectivity index (χ2v) is 11.1. The number of rotatable bonds is 7. The Kier molecular flexibility index (Phi) is 6.82. The molecule has 1 aromatic heterocycles. The Labute approximate surface area is 263 Å². The molecule has 7 aromatic carbocycles. The van der Waals surface area contributed by atoms with Crippen molar-refractivity contribution in [1.82, 2.24) is 4.57 Å². The Balaban J connectivity index is 1.20. The van der Waals surface area contributed by atoms with Crippen molar-refractivity contribution < 1.29 is 0 Å². The lowest BCUT2D eigenvalue weighted by atomic mass is 10.1. The standard InChI is InChI=1S/C42H31N3/c1-4-14-32(15-5-1)43(33-16-6-2-7-17-33)35-24-26-36(27-25-35)44(34-18-8-3-9-19-34)37-28-30-38(31-29-37)45-41-22-12-10-20-39(41)40-21-11-13-23-42(40)45/h1-31H. The number of benzene rings is 7. The average Bonchev–Trinajstić information content (AvgIpc) is 3.45. The van der Waals surface area contributed by atoms with Gasteiger partial charge >= 0.3 is 0 Å². The molecule has 0 bridgehead atoms. The lowest BCUT2D eigenvalue weighted by Crippen LogP contribution is -2.12. The van der Waals surface area contributed by atoms with Gasteiger partial charge in [-0.1, -0.05) is 91.0 Å². The van der Waals surface area contributed by atoms with E-state index in [1.165, 1.54) is 21.8 Å². The molecular formula is C42H31N3. The third-order valence-electron chi connectivity index (χ3n) is 8.36. The molecule has 8 aromatic rings. The lowest BCUT2D eigenvalue weighted by Gasteiger charge is -2.28. The van der Waals surface area contributed by atoms with E-state index in [2.05, 4.69) is 202 Å². The van der Waals surface area contributed by atoms with Crippen molar-refractivity contribution >= 4 is 55.9 Å². The van der Waals surface area contributed by atoms with Gasteiger partial charge in [0.15, 0.2) is 0 Å². The first-order valence-electron chi connectivity index (χ1n) is 15.3. The zero-order valence-electron chi connectivity index (χ0n) is 24.7. The summed E-state index contributed by atoms with van der Waals surface area (Å²) in [5.74, 6) is 0. The van der Waals surface area contributed by atoms with E-state index in [4.69, 9.17) is 0 Å². The Morgan fingerprint density at radius 3 is 0.933 bits per heavy atom. The Morgan fingerprint density at radius 1 is 0.267 bits per heavy atom. The summed E-state index contributed by atoms with van der Waals surface area (Å²) in [6.07, 6.45) is 0. The van der Waals surface area contributed by atoms with Crippen LogP contribution in [0.15, 0.2) is 188 Å². The Hall–Kier alpha value is -6.06. The molecule has 0 atom stereocenters. The minimum atomic E-state index is 1.09. The number of nitrogens with zero attached hydrogens (tertiary/aromatic N) is 3. The van der Waals surface area contributed by atoms with Gasteiger partial charge in [-0.2, -0.15) is 0 Å². The van der Waals surface area contributed by atoms with Crippen LogP contribution in [-0.2, 0) is 0 Å². The summed E-state index contributed by atoms with van der Waals surface area (Å²) < 4.78 is 2.36. The minimum absolute atomic E-state index is 1.09. The van der Waals surface area contributed by atoms with Crippen LogP contribution >= 0.6 is 0 Å². The highest BCUT2D eigenvalue weighted by Gasteiger charge is 2.17. The number of anilines is 6. The predicted octanol–water partition coefficient (Wildman–Crippen LogP) is 11.7. The largest absolute Gasteiger partial charge is 0.311 e. The maximum atomic E-state index is 2.36. The van der Waals surface area contributed by atoms with E-state index in [1.807, 2.05) is 0 Å². The van der Waals surface area contributed by atoms with Gasteiger partial charge in [-0.25, -0.2) is 0 Å². The van der Waals surface area contributed by atoms with E-state index in [1.54, 1.807) is 0 Å². The molecule has 0 aliphatic carbocycles. The molecule has 0 saturated heterocycles. The van der Waals surface area contributed by atoms with Gasteiger partial charge in [-0.05, 0) is 97.1 Å². The highest BCUT2D eigenvalue weighted by molar-refractivity contribution is 6.09. The van der Waals surface area contributed by atoms with Crippen molar-refractivity contribution in [2.24, 2.45) is 0 Å². The maximum absolute atomic E-state index is 2.36. The first kappa shape index (κ1) is 26.6. The molecule has 0 amide bonds. The molecule has 0 radical (unpaired) electrons. The van der Waals surface area contributed by atoms with Crippen LogP contribution in [0.25, 0.3) is 27.5 Å². The molecular weight excluding hydrogens is 546 g/mol. The van der Waals surface area contributed by atoms with Crippen LogP contribution in [0.1, 0.15) is 0 Å². The van der Waals surface area contributed by atoms with Gasteiger partial charge in [0.25, 0.3) is 0 Å². The number of hydrogen-bond donors (Lipinski definition) is 0.